The molecule has 3 saturated heterocycles. The summed E-state index contributed by atoms with van der Waals surface area (Å²) in [7, 11) is 0. The van der Waals surface area contributed by atoms with Crippen LogP contribution in [0.1, 0.15) is 36.8 Å². The number of aryl methyl sites for hydroxylation is 1. The van der Waals surface area contributed by atoms with Crippen LogP contribution in [-0.2, 0) is 4.79 Å². The van der Waals surface area contributed by atoms with Crippen LogP contribution in [0.15, 0.2) is 43.1 Å². The molecular formula is C30H34N6O2. The molecule has 8 heteroatoms. The summed E-state index contributed by atoms with van der Waals surface area (Å²) >= 11 is 0. The zero-order chi connectivity index (χ0) is 26.4. The second kappa shape index (κ2) is 9.48. The Morgan fingerprint density at radius 1 is 1.18 bits per heavy atom. The molecule has 6 rings (SSSR count). The number of carbonyl (C=O) groups is 1. The van der Waals surface area contributed by atoms with Crippen LogP contribution in [-0.4, -0.2) is 71.5 Å². The summed E-state index contributed by atoms with van der Waals surface area (Å²) < 4.78 is 0. The van der Waals surface area contributed by atoms with Crippen molar-refractivity contribution in [2.45, 2.75) is 38.7 Å². The first-order chi connectivity index (χ1) is 18.4. The fourth-order valence-corrected chi connectivity index (χ4v) is 6.55. The number of aromatic nitrogens is 2. The molecular weight excluding hydrogens is 476 g/mol. The summed E-state index contributed by atoms with van der Waals surface area (Å²) in [6.07, 6.45) is 6.46. The first-order valence-electron chi connectivity index (χ1n) is 13.5. The maximum atomic E-state index is 12.0. The number of carbonyl (C=O) groups excluding carboxylic acids is 1. The second-order valence-electron chi connectivity index (χ2n) is 11.2. The Bertz CT molecular complexity index is 1430. The molecule has 0 aliphatic carbocycles. The van der Waals surface area contributed by atoms with Gasteiger partial charge in [0.05, 0.1) is 29.1 Å². The van der Waals surface area contributed by atoms with Crippen molar-refractivity contribution >= 4 is 28.2 Å². The summed E-state index contributed by atoms with van der Waals surface area (Å²) in [4.78, 5) is 18.6. The molecule has 8 nitrogen and oxygen atoms in total. The lowest BCUT2D eigenvalue weighted by Crippen LogP contribution is -2.61. The minimum atomic E-state index is -0.251. The van der Waals surface area contributed by atoms with Gasteiger partial charge >= 0.3 is 0 Å². The number of likely N-dealkylation sites (tertiary alicyclic amines) is 1. The number of nitrogens with zero attached hydrogens (tertiary/aromatic N) is 5. The van der Waals surface area contributed by atoms with Crippen LogP contribution < -0.4 is 9.80 Å². The van der Waals surface area contributed by atoms with Gasteiger partial charge in [0.2, 0.25) is 5.91 Å². The highest BCUT2D eigenvalue weighted by Crippen LogP contribution is 2.45. The van der Waals surface area contributed by atoms with E-state index in [1.54, 1.807) is 0 Å². The third-order valence-electron chi connectivity index (χ3n) is 8.85. The minimum Gasteiger partial charge on any atom is -0.393 e. The van der Waals surface area contributed by atoms with Gasteiger partial charge in [-0.25, -0.2) is 0 Å². The molecule has 2 aromatic carbocycles. The zero-order valence-corrected chi connectivity index (χ0v) is 21.9. The predicted octanol–water partition coefficient (Wildman–Crippen LogP) is 3.99. The van der Waals surface area contributed by atoms with Crippen LogP contribution in [0.3, 0.4) is 0 Å². The molecule has 0 unspecified atom stereocenters. The first kappa shape index (κ1) is 24.5. The summed E-state index contributed by atoms with van der Waals surface area (Å²) in [6, 6.07) is 11.0. The minimum absolute atomic E-state index is 0.0117. The standard InChI is InChI=1S/C30H34N6O2/c1-3-28(38)36-18-30(19-36)8-12-35(13-9-30)27-15-21(34-10-6-22(37)7-11-34)14-23(24(27)16-31)29-20(2)4-5-26-25(29)17-32-33-26/h3-5,14-15,17,22,37H,1,6-13,18-19H2,2H3,(H,32,33). The lowest BCUT2D eigenvalue weighted by atomic mass is 9.71. The van der Waals surface area contributed by atoms with Gasteiger partial charge in [0.15, 0.2) is 0 Å². The van der Waals surface area contributed by atoms with Gasteiger partial charge in [0.1, 0.15) is 6.07 Å². The van der Waals surface area contributed by atoms with Gasteiger partial charge in [-0.05, 0) is 68.0 Å². The number of nitriles is 1. The van der Waals surface area contributed by atoms with Gasteiger partial charge in [-0.1, -0.05) is 12.6 Å². The number of piperidine rings is 2. The number of benzene rings is 2. The van der Waals surface area contributed by atoms with E-state index in [-0.39, 0.29) is 17.4 Å². The number of rotatable bonds is 4. The molecule has 4 heterocycles. The van der Waals surface area contributed by atoms with Crippen molar-refractivity contribution in [1.82, 2.24) is 15.1 Å². The number of nitrogens with one attached hydrogen (secondary N) is 1. The monoisotopic (exact) mass is 510 g/mol. The maximum Gasteiger partial charge on any atom is 0.245 e. The molecule has 2 N–H and O–H groups in total. The van der Waals surface area contributed by atoms with Crippen LogP contribution in [0.4, 0.5) is 11.4 Å². The maximum absolute atomic E-state index is 12.0. The second-order valence-corrected chi connectivity index (χ2v) is 11.2. The number of amides is 1. The van der Waals surface area contributed by atoms with E-state index < -0.39 is 0 Å². The number of H-pyrrole nitrogens is 1. The molecule has 0 bridgehead atoms. The highest BCUT2D eigenvalue weighted by atomic mass is 16.3. The van der Waals surface area contributed by atoms with Crippen molar-refractivity contribution in [2.24, 2.45) is 5.41 Å². The van der Waals surface area contributed by atoms with Gasteiger partial charge in [0, 0.05) is 61.3 Å². The number of hydrogen-bond acceptors (Lipinski definition) is 6. The number of aliphatic hydroxyl groups excluding tert-OH is 1. The molecule has 3 fully saturated rings. The van der Waals surface area contributed by atoms with Crippen molar-refractivity contribution in [1.29, 1.82) is 5.26 Å². The smallest absolute Gasteiger partial charge is 0.245 e. The van der Waals surface area contributed by atoms with Gasteiger partial charge in [0.25, 0.3) is 0 Å². The van der Waals surface area contributed by atoms with E-state index in [4.69, 9.17) is 0 Å². The number of fused-ring (bicyclic) bond motifs is 1. The van der Waals surface area contributed by atoms with E-state index in [2.05, 4.69) is 57.8 Å². The molecule has 0 radical (unpaired) electrons. The van der Waals surface area contributed by atoms with E-state index >= 15 is 0 Å². The highest BCUT2D eigenvalue weighted by Gasteiger charge is 2.46. The quantitative estimate of drug-likeness (QED) is 0.515. The summed E-state index contributed by atoms with van der Waals surface area (Å²) in [5.74, 6) is 0.0117. The van der Waals surface area contributed by atoms with E-state index in [9.17, 15) is 15.2 Å². The number of aliphatic hydroxyl groups is 1. The molecule has 196 valence electrons. The normalized spacial score (nSPS) is 19.4. The fourth-order valence-electron chi connectivity index (χ4n) is 6.55. The van der Waals surface area contributed by atoms with Crippen molar-refractivity contribution < 1.29 is 9.90 Å². The molecule has 1 spiro atoms. The Morgan fingerprint density at radius 2 is 1.92 bits per heavy atom. The molecule has 3 aliphatic rings. The van der Waals surface area contributed by atoms with Crippen LogP contribution in [0.25, 0.3) is 22.0 Å². The largest absolute Gasteiger partial charge is 0.393 e. The van der Waals surface area contributed by atoms with Crippen molar-refractivity contribution in [3.8, 4) is 17.2 Å². The van der Waals surface area contributed by atoms with E-state index in [1.807, 2.05) is 17.2 Å². The fraction of sp³-hybridized carbons (Fsp3) is 0.433. The Morgan fingerprint density at radius 3 is 2.61 bits per heavy atom. The van der Waals surface area contributed by atoms with E-state index in [1.165, 1.54) is 6.08 Å². The van der Waals surface area contributed by atoms with E-state index in [0.717, 1.165) is 104 Å². The highest BCUT2D eigenvalue weighted by molar-refractivity contribution is 5.99. The van der Waals surface area contributed by atoms with Crippen LogP contribution in [0, 0.1) is 23.7 Å². The molecule has 3 aliphatic heterocycles. The lowest BCUT2D eigenvalue weighted by molar-refractivity contribution is -0.139. The average molecular weight is 511 g/mol. The molecule has 0 atom stereocenters. The van der Waals surface area contributed by atoms with Crippen molar-refractivity contribution in [2.75, 3.05) is 49.1 Å². The van der Waals surface area contributed by atoms with Crippen LogP contribution in [0.2, 0.25) is 0 Å². The zero-order valence-electron chi connectivity index (χ0n) is 21.9. The summed E-state index contributed by atoms with van der Waals surface area (Å²) in [6.45, 7) is 10.6. The topological polar surface area (TPSA) is 99.5 Å². The first-order valence-corrected chi connectivity index (χ1v) is 13.5. The van der Waals surface area contributed by atoms with Gasteiger partial charge in [-0.15, -0.1) is 0 Å². The van der Waals surface area contributed by atoms with Gasteiger partial charge in [-0.3, -0.25) is 9.89 Å². The summed E-state index contributed by atoms with van der Waals surface area (Å²) in [5, 5.41) is 29.0. The van der Waals surface area contributed by atoms with Gasteiger partial charge < -0.3 is 19.8 Å². The Hall–Kier alpha value is -3.83. The average Bonchev–Trinajstić information content (AvgIpc) is 3.40. The number of hydrogen-bond donors (Lipinski definition) is 2. The lowest BCUT2D eigenvalue weighted by Gasteiger charge is -2.54. The third-order valence-corrected chi connectivity index (χ3v) is 8.85. The number of anilines is 2. The molecule has 3 aromatic rings. The number of aromatic amines is 1. The predicted molar refractivity (Wildman–Crippen MR) is 149 cm³/mol. The Labute approximate surface area is 223 Å². The molecule has 0 saturated carbocycles. The van der Waals surface area contributed by atoms with Crippen LogP contribution >= 0.6 is 0 Å². The summed E-state index contributed by atoms with van der Waals surface area (Å²) in [5.41, 5.74) is 6.95. The van der Waals surface area contributed by atoms with Crippen molar-refractivity contribution in [3.63, 3.8) is 0 Å². The Balaban J connectivity index is 1.39. The van der Waals surface area contributed by atoms with E-state index in [0.29, 0.717) is 5.56 Å². The molecule has 1 amide bonds. The van der Waals surface area contributed by atoms with Crippen molar-refractivity contribution in [3.05, 3.63) is 54.2 Å². The van der Waals surface area contributed by atoms with Crippen LogP contribution in [0.5, 0.6) is 0 Å². The molecule has 1 aromatic heterocycles. The SMILES string of the molecule is C=CC(=O)N1CC2(CCN(c3cc(N4CCC(O)CC4)cc(-c4c(C)ccc5[nH]ncc45)c3C#N)CC2)C1. The Kier molecular flexibility index (Phi) is 6.11. The molecule has 38 heavy (non-hydrogen) atoms. The third kappa shape index (κ3) is 4.11. The van der Waals surface area contributed by atoms with Gasteiger partial charge in [-0.2, -0.15) is 10.4 Å².